The van der Waals surface area contributed by atoms with Gasteiger partial charge in [-0.15, -0.1) is 0 Å². The fraction of sp³-hybridized carbons (Fsp3) is 0.0556. The zero-order chi connectivity index (χ0) is 20.2. The average Bonchev–Trinajstić information content (AvgIpc) is 2.63. The molecule has 142 valence electrons. The standard InChI is InChI=1S/C18H9ClF3N3O3/c19-9-3-6-11-12(7-9)23-14-13(15(11)26)17(28)25(24-16(14)27)10-4-1-8(2-5-10)18(20,21)22/h1-7H,(H,23,26)(H,24,27). The monoisotopic (exact) mass is 407 g/mol. The van der Waals surface area contributed by atoms with Crippen LogP contribution in [0.3, 0.4) is 0 Å². The van der Waals surface area contributed by atoms with Gasteiger partial charge in [0.05, 0.1) is 16.8 Å². The van der Waals surface area contributed by atoms with E-state index in [-0.39, 0.29) is 22.1 Å². The van der Waals surface area contributed by atoms with Crippen LogP contribution in [0.5, 0.6) is 0 Å². The molecule has 2 N–H and O–H groups in total. The summed E-state index contributed by atoms with van der Waals surface area (Å²) in [5.74, 6) is 0. The third-order valence-corrected chi connectivity index (χ3v) is 4.51. The lowest BCUT2D eigenvalue weighted by Crippen LogP contribution is -2.32. The number of nitrogens with zero attached hydrogens (tertiary/aromatic N) is 1. The van der Waals surface area contributed by atoms with Crippen LogP contribution in [0.2, 0.25) is 5.02 Å². The van der Waals surface area contributed by atoms with Crippen LogP contribution < -0.4 is 16.5 Å². The number of H-pyrrole nitrogens is 2. The molecular formula is C18H9ClF3N3O3. The van der Waals surface area contributed by atoms with Crippen molar-refractivity contribution in [2.75, 3.05) is 0 Å². The first-order valence-corrected chi connectivity index (χ1v) is 8.23. The number of alkyl halides is 3. The number of benzene rings is 2. The number of hydrogen-bond acceptors (Lipinski definition) is 3. The summed E-state index contributed by atoms with van der Waals surface area (Å²) in [4.78, 5) is 40.7. The highest BCUT2D eigenvalue weighted by molar-refractivity contribution is 6.31. The van der Waals surface area contributed by atoms with Crippen molar-refractivity contribution in [1.82, 2.24) is 14.8 Å². The lowest BCUT2D eigenvalue weighted by Gasteiger charge is -2.10. The Labute approximate surface area is 157 Å². The quantitative estimate of drug-likeness (QED) is 0.475. The number of rotatable bonds is 1. The van der Waals surface area contributed by atoms with Gasteiger partial charge in [0, 0.05) is 10.4 Å². The average molecular weight is 408 g/mol. The lowest BCUT2D eigenvalue weighted by atomic mass is 10.1. The molecule has 0 saturated heterocycles. The van der Waals surface area contributed by atoms with E-state index in [0.29, 0.717) is 5.02 Å². The van der Waals surface area contributed by atoms with Crippen LogP contribution in [0.15, 0.2) is 56.8 Å². The maximum Gasteiger partial charge on any atom is 0.416 e. The van der Waals surface area contributed by atoms with Crippen molar-refractivity contribution in [2.24, 2.45) is 0 Å². The third kappa shape index (κ3) is 2.80. The van der Waals surface area contributed by atoms with E-state index in [2.05, 4.69) is 10.1 Å². The van der Waals surface area contributed by atoms with Crippen LogP contribution in [0.1, 0.15) is 5.56 Å². The minimum absolute atomic E-state index is 0.0207. The summed E-state index contributed by atoms with van der Waals surface area (Å²) in [6.07, 6.45) is -4.54. The third-order valence-electron chi connectivity index (χ3n) is 4.27. The van der Waals surface area contributed by atoms with Gasteiger partial charge in [0.15, 0.2) is 0 Å². The van der Waals surface area contributed by atoms with E-state index in [1.54, 1.807) is 0 Å². The van der Waals surface area contributed by atoms with Crippen LogP contribution in [0.25, 0.3) is 27.5 Å². The summed E-state index contributed by atoms with van der Waals surface area (Å²) in [5.41, 5.74) is -3.23. The fourth-order valence-electron chi connectivity index (χ4n) is 2.94. The Bertz CT molecular complexity index is 1420. The first-order valence-electron chi connectivity index (χ1n) is 7.85. The molecule has 6 nitrogen and oxygen atoms in total. The zero-order valence-electron chi connectivity index (χ0n) is 13.7. The molecule has 0 atom stereocenters. The first-order chi connectivity index (χ1) is 13.2. The maximum absolute atomic E-state index is 12.8. The predicted molar refractivity (Wildman–Crippen MR) is 98.3 cm³/mol. The molecule has 0 spiro atoms. The molecule has 0 radical (unpaired) electrons. The lowest BCUT2D eigenvalue weighted by molar-refractivity contribution is -0.137. The Morgan fingerprint density at radius 3 is 2.29 bits per heavy atom. The SMILES string of the molecule is O=c1[nH]n(-c2ccc(C(F)(F)F)cc2)c(=O)c2c(=O)c3ccc(Cl)cc3[nH]c12. The molecule has 2 aromatic heterocycles. The summed E-state index contributed by atoms with van der Waals surface area (Å²) in [6.45, 7) is 0. The van der Waals surface area contributed by atoms with E-state index in [4.69, 9.17) is 11.6 Å². The molecule has 28 heavy (non-hydrogen) atoms. The van der Waals surface area contributed by atoms with Crippen molar-refractivity contribution in [3.05, 3.63) is 84.0 Å². The van der Waals surface area contributed by atoms with Gasteiger partial charge in [-0.3, -0.25) is 19.5 Å². The number of hydrogen-bond donors (Lipinski definition) is 2. The van der Waals surface area contributed by atoms with E-state index >= 15 is 0 Å². The number of pyridine rings is 1. The molecule has 4 rings (SSSR count). The summed E-state index contributed by atoms with van der Waals surface area (Å²) in [6, 6.07) is 7.93. The maximum atomic E-state index is 12.8. The normalized spacial score (nSPS) is 12.0. The van der Waals surface area contributed by atoms with Crippen LogP contribution >= 0.6 is 11.6 Å². The molecule has 2 aromatic carbocycles. The Morgan fingerprint density at radius 1 is 0.964 bits per heavy atom. The van der Waals surface area contributed by atoms with E-state index in [9.17, 15) is 27.6 Å². The molecule has 0 fully saturated rings. The van der Waals surface area contributed by atoms with E-state index in [1.807, 2.05) is 0 Å². The van der Waals surface area contributed by atoms with Gasteiger partial charge in [-0.1, -0.05) is 11.6 Å². The highest BCUT2D eigenvalue weighted by Gasteiger charge is 2.30. The molecule has 4 aromatic rings. The second kappa shape index (κ2) is 6.10. The minimum atomic E-state index is -4.54. The number of nitrogens with one attached hydrogen (secondary N) is 2. The second-order valence-electron chi connectivity index (χ2n) is 6.02. The van der Waals surface area contributed by atoms with Crippen molar-refractivity contribution in [1.29, 1.82) is 0 Å². The molecule has 0 saturated carbocycles. The Kier molecular flexibility index (Phi) is 3.93. The molecule has 0 amide bonds. The summed E-state index contributed by atoms with van der Waals surface area (Å²) in [7, 11) is 0. The molecule has 0 aliphatic heterocycles. The van der Waals surface area contributed by atoms with Gasteiger partial charge in [0.1, 0.15) is 10.9 Å². The molecular weight excluding hydrogens is 399 g/mol. The fourth-order valence-corrected chi connectivity index (χ4v) is 3.11. The Balaban J connectivity index is 2.03. The summed E-state index contributed by atoms with van der Waals surface area (Å²) in [5, 5.41) is 2.34. The number of aromatic amines is 2. The van der Waals surface area contributed by atoms with Gasteiger partial charge >= 0.3 is 6.18 Å². The molecule has 0 aliphatic carbocycles. The van der Waals surface area contributed by atoms with Gasteiger partial charge in [-0.25, -0.2) is 4.68 Å². The summed E-state index contributed by atoms with van der Waals surface area (Å²) >= 11 is 5.89. The van der Waals surface area contributed by atoms with Gasteiger partial charge < -0.3 is 4.98 Å². The van der Waals surface area contributed by atoms with E-state index in [1.165, 1.54) is 18.2 Å². The topological polar surface area (TPSA) is 87.7 Å². The Morgan fingerprint density at radius 2 is 1.64 bits per heavy atom. The molecule has 0 unspecified atom stereocenters. The number of aromatic nitrogens is 3. The van der Waals surface area contributed by atoms with Crippen LogP contribution in [-0.2, 0) is 6.18 Å². The molecule has 0 aliphatic rings. The largest absolute Gasteiger partial charge is 0.416 e. The highest BCUT2D eigenvalue weighted by Crippen LogP contribution is 2.29. The first kappa shape index (κ1) is 18.1. The molecule has 0 bridgehead atoms. The second-order valence-corrected chi connectivity index (χ2v) is 6.46. The van der Waals surface area contributed by atoms with Crippen molar-refractivity contribution < 1.29 is 13.2 Å². The molecule has 2 heterocycles. The van der Waals surface area contributed by atoms with Gasteiger partial charge in [0.2, 0.25) is 5.43 Å². The van der Waals surface area contributed by atoms with Gasteiger partial charge in [-0.2, -0.15) is 13.2 Å². The van der Waals surface area contributed by atoms with E-state index in [0.717, 1.165) is 28.9 Å². The minimum Gasteiger partial charge on any atom is -0.350 e. The van der Waals surface area contributed by atoms with Gasteiger partial charge in [-0.05, 0) is 42.5 Å². The number of fused-ring (bicyclic) bond motifs is 2. The van der Waals surface area contributed by atoms with Gasteiger partial charge in [0.25, 0.3) is 11.1 Å². The van der Waals surface area contributed by atoms with Crippen LogP contribution in [-0.4, -0.2) is 14.8 Å². The molecule has 10 heteroatoms. The summed E-state index contributed by atoms with van der Waals surface area (Å²) < 4.78 is 38.9. The van der Waals surface area contributed by atoms with Crippen molar-refractivity contribution >= 4 is 33.4 Å². The number of halogens is 4. The Hall–Kier alpha value is -3.33. The van der Waals surface area contributed by atoms with Crippen molar-refractivity contribution in [3.63, 3.8) is 0 Å². The van der Waals surface area contributed by atoms with Crippen LogP contribution in [0.4, 0.5) is 13.2 Å². The predicted octanol–water partition coefficient (Wildman–Crippen LogP) is 3.19. The zero-order valence-corrected chi connectivity index (χ0v) is 14.5. The van der Waals surface area contributed by atoms with Crippen molar-refractivity contribution in [2.45, 2.75) is 6.18 Å². The van der Waals surface area contributed by atoms with Crippen LogP contribution in [0, 0.1) is 0 Å². The van der Waals surface area contributed by atoms with E-state index < -0.39 is 33.7 Å². The van der Waals surface area contributed by atoms with Crippen molar-refractivity contribution in [3.8, 4) is 5.69 Å². The highest BCUT2D eigenvalue weighted by atomic mass is 35.5. The smallest absolute Gasteiger partial charge is 0.350 e.